The lowest BCUT2D eigenvalue weighted by Crippen LogP contribution is -2.25. The highest BCUT2D eigenvalue weighted by molar-refractivity contribution is 6.12. The van der Waals surface area contributed by atoms with Gasteiger partial charge in [0.2, 0.25) is 5.82 Å². The molecule has 1 aromatic heterocycles. The van der Waals surface area contributed by atoms with Gasteiger partial charge in [0.05, 0.1) is 33.4 Å². The fourth-order valence-electron chi connectivity index (χ4n) is 4.78. The van der Waals surface area contributed by atoms with Crippen LogP contribution in [0.25, 0.3) is 16.7 Å². The Labute approximate surface area is 285 Å². The van der Waals surface area contributed by atoms with Crippen LogP contribution >= 0.6 is 0 Å². The maximum Gasteiger partial charge on any atom is 0.451 e. The molecule has 274 valence electrons. The quantitative estimate of drug-likeness (QED) is 0.147. The number of nitrogens with zero attached hydrogens (tertiary/aromatic N) is 7. The monoisotopic (exact) mass is 781 g/mol. The van der Waals surface area contributed by atoms with Gasteiger partial charge in [0, 0.05) is 16.7 Å². The van der Waals surface area contributed by atoms with E-state index in [0.717, 1.165) is 12.1 Å². The number of hydrogen-bond acceptors (Lipinski definition) is 7. The molecular formula is C30F17N7. The number of halogens is 17. The first kappa shape index (κ1) is 39.8. The summed E-state index contributed by atoms with van der Waals surface area (Å²) in [6.45, 7) is 0. The van der Waals surface area contributed by atoms with Gasteiger partial charge in [-0.15, -0.1) is 0 Å². The van der Waals surface area contributed by atoms with Crippen LogP contribution in [0.15, 0.2) is 16.7 Å². The summed E-state index contributed by atoms with van der Waals surface area (Å²) in [6.07, 6.45) is -19.1. The van der Waals surface area contributed by atoms with Crippen LogP contribution in [0.3, 0.4) is 0 Å². The Morgan fingerprint density at radius 3 is 0.852 bits per heavy atom. The second-order valence-corrected chi connectivity index (χ2v) is 9.93. The molecule has 0 saturated heterocycles. The number of alkyl halides is 9. The fraction of sp³-hybridized carbons (Fsp3) is 0.100. The second kappa shape index (κ2) is 13.2. The van der Waals surface area contributed by atoms with Gasteiger partial charge in [-0.25, -0.2) is 45.1 Å². The van der Waals surface area contributed by atoms with E-state index in [1.807, 2.05) is 9.97 Å². The number of aromatic nitrogens is 2. The Bertz CT molecular complexity index is 2330. The summed E-state index contributed by atoms with van der Waals surface area (Å²) >= 11 is 0. The van der Waals surface area contributed by atoms with E-state index in [1.165, 1.54) is 0 Å². The van der Waals surface area contributed by atoms with Crippen molar-refractivity contribution in [1.29, 1.82) is 26.3 Å². The minimum Gasteiger partial charge on any atom is -0.219 e. The van der Waals surface area contributed by atoms with Gasteiger partial charge in [0.25, 0.3) is 0 Å². The van der Waals surface area contributed by atoms with E-state index < -0.39 is 144 Å². The van der Waals surface area contributed by atoms with Crippen molar-refractivity contribution in [2.24, 2.45) is 0 Å². The maximum absolute atomic E-state index is 15.1. The Hall–Kier alpha value is -7.00. The molecule has 3 aromatic rings. The third-order valence-electron chi connectivity index (χ3n) is 6.97. The van der Waals surface area contributed by atoms with Gasteiger partial charge < -0.3 is 0 Å². The lowest BCUT2D eigenvalue weighted by molar-refractivity contribution is -0.159. The summed E-state index contributed by atoms with van der Waals surface area (Å²) < 4.78 is 244. The smallest absolute Gasteiger partial charge is 0.219 e. The summed E-state index contributed by atoms with van der Waals surface area (Å²) in [4.78, 5) is 4.00. The molecule has 0 N–H and O–H groups in total. The normalized spacial score (nSPS) is 14.7. The highest BCUT2D eigenvalue weighted by Crippen LogP contribution is 2.58. The van der Waals surface area contributed by atoms with Crippen molar-refractivity contribution in [3.63, 3.8) is 0 Å². The first-order valence-electron chi connectivity index (χ1n) is 13.0. The molecule has 0 radical (unpaired) electrons. The van der Waals surface area contributed by atoms with Crippen molar-refractivity contribution < 1.29 is 74.6 Å². The number of rotatable bonds is 3. The van der Waals surface area contributed by atoms with Gasteiger partial charge in [-0.05, 0) is 0 Å². The molecule has 1 heterocycles. The number of benzene rings is 2. The molecule has 1 aliphatic carbocycles. The van der Waals surface area contributed by atoms with E-state index in [0.29, 0.717) is 18.2 Å². The lowest BCUT2D eigenvalue weighted by Gasteiger charge is -2.18. The van der Waals surface area contributed by atoms with Crippen molar-refractivity contribution in [2.75, 3.05) is 0 Å². The Kier molecular flexibility index (Phi) is 9.73. The van der Waals surface area contributed by atoms with E-state index in [4.69, 9.17) is 10.5 Å². The SMILES string of the molecule is N#CC(=C1C(=C(C#N)c2c(F)c(F)c(C#N)c(F)c2F)C1=C(C#N)c1c(F)c(F)c(C#N)c(F)c1F)c1c(C(F)(F)F)nc(C(F)(F)F)nc1C(F)(F)F. The Morgan fingerprint density at radius 2 is 0.648 bits per heavy atom. The zero-order valence-corrected chi connectivity index (χ0v) is 24.6. The molecule has 0 spiro atoms. The standard InChI is InChI=1S/C30F17N7/c31-17-9(4-51)18(32)22(36)14(21(17)35)6(1-48)11-12(7(2-49)15-23(37)19(33)10(5-52)20(34)24(15)38)13(11)8(3-50)16-25(28(39,40)41)53-27(30(45,46)47)54-26(16)29(42,43)44. The van der Waals surface area contributed by atoms with Crippen LogP contribution in [-0.2, 0) is 18.5 Å². The fourth-order valence-corrected chi connectivity index (χ4v) is 4.78. The molecular weight excluding hydrogens is 781 g/mol. The topological polar surface area (TPSA) is 145 Å². The van der Waals surface area contributed by atoms with Crippen LogP contribution < -0.4 is 0 Å². The first-order valence-corrected chi connectivity index (χ1v) is 13.0. The molecule has 0 aliphatic heterocycles. The number of nitriles is 5. The molecule has 4 rings (SSSR count). The van der Waals surface area contributed by atoms with Crippen molar-refractivity contribution >= 4 is 16.7 Å². The van der Waals surface area contributed by atoms with Crippen molar-refractivity contribution in [2.45, 2.75) is 18.5 Å². The van der Waals surface area contributed by atoms with Gasteiger partial charge in [-0.1, -0.05) is 0 Å². The highest BCUT2D eigenvalue weighted by Gasteiger charge is 2.52. The summed E-state index contributed by atoms with van der Waals surface area (Å²) in [7, 11) is 0. The molecule has 1 fully saturated rings. The Morgan fingerprint density at radius 1 is 0.389 bits per heavy atom. The predicted molar refractivity (Wildman–Crippen MR) is 137 cm³/mol. The van der Waals surface area contributed by atoms with Gasteiger partial charge in [0.15, 0.2) is 57.9 Å². The Balaban J connectivity index is 2.46. The molecule has 1 aliphatic rings. The molecule has 0 bridgehead atoms. The van der Waals surface area contributed by atoms with Crippen LogP contribution in [0.5, 0.6) is 0 Å². The van der Waals surface area contributed by atoms with Crippen LogP contribution in [0, 0.1) is 103 Å². The summed E-state index contributed by atoms with van der Waals surface area (Å²) in [5.74, 6) is -24.6. The van der Waals surface area contributed by atoms with Crippen molar-refractivity contribution in [3.05, 3.63) is 108 Å². The maximum atomic E-state index is 15.1. The molecule has 54 heavy (non-hydrogen) atoms. The van der Waals surface area contributed by atoms with E-state index in [1.54, 1.807) is 0 Å². The minimum atomic E-state index is -6.45. The summed E-state index contributed by atoms with van der Waals surface area (Å²) in [5.41, 5.74) is -30.1. The van der Waals surface area contributed by atoms with Gasteiger partial charge in [-0.3, -0.25) is 0 Å². The number of hydrogen-bond donors (Lipinski definition) is 0. The first-order chi connectivity index (χ1) is 24.9. The van der Waals surface area contributed by atoms with E-state index in [2.05, 4.69) is 0 Å². The van der Waals surface area contributed by atoms with Crippen LogP contribution in [0.4, 0.5) is 74.6 Å². The van der Waals surface area contributed by atoms with Gasteiger partial charge in [-0.2, -0.15) is 65.8 Å². The van der Waals surface area contributed by atoms with Crippen LogP contribution in [-0.4, -0.2) is 9.97 Å². The molecule has 0 atom stereocenters. The lowest BCUT2D eigenvalue weighted by atomic mass is 9.98. The molecule has 1 saturated carbocycles. The van der Waals surface area contributed by atoms with Crippen LogP contribution in [0.1, 0.15) is 45.0 Å². The average molecular weight is 781 g/mol. The highest BCUT2D eigenvalue weighted by atomic mass is 19.4. The molecule has 0 unspecified atom stereocenters. The minimum absolute atomic E-state index is 0.599. The summed E-state index contributed by atoms with van der Waals surface area (Å²) in [5, 5.41) is 47.2. The third kappa shape index (κ3) is 6.15. The summed E-state index contributed by atoms with van der Waals surface area (Å²) in [6, 6.07) is 3.43. The zero-order chi connectivity index (χ0) is 41.2. The van der Waals surface area contributed by atoms with Gasteiger partial charge >= 0.3 is 18.5 Å². The van der Waals surface area contributed by atoms with E-state index in [-0.39, 0.29) is 0 Å². The largest absolute Gasteiger partial charge is 0.451 e. The van der Waals surface area contributed by atoms with Crippen molar-refractivity contribution in [3.8, 4) is 30.3 Å². The molecule has 2 aromatic carbocycles. The predicted octanol–water partition coefficient (Wildman–Crippen LogP) is 8.63. The molecule has 24 heteroatoms. The zero-order valence-electron chi connectivity index (χ0n) is 24.6. The van der Waals surface area contributed by atoms with Crippen LogP contribution in [0.2, 0.25) is 0 Å². The van der Waals surface area contributed by atoms with E-state index >= 15 is 17.6 Å². The molecule has 0 amide bonds. The molecule has 7 nitrogen and oxygen atoms in total. The van der Waals surface area contributed by atoms with Crippen molar-refractivity contribution in [1.82, 2.24) is 9.97 Å². The number of allylic oxidation sites excluding steroid dienone is 6. The third-order valence-corrected chi connectivity index (χ3v) is 6.97. The van der Waals surface area contributed by atoms with Gasteiger partial charge in [0.1, 0.15) is 41.5 Å². The van der Waals surface area contributed by atoms with E-state index in [9.17, 15) is 72.9 Å². The average Bonchev–Trinajstić information content (AvgIpc) is 3.79. The second-order valence-electron chi connectivity index (χ2n) is 9.93.